The Kier molecular flexibility index (Phi) is 4.87. The number of para-hydroxylation sites is 1. The van der Waals surface area contributed by atoms with Gasteiger partial charge in [-0.15, -0.1) is 5.10 Å². The number of carbonyl (C=O) groups is 1. The van der Waals surface area contributed by atoms with E-state index >= 15 is 0 Å². The molecule has 0 aliphatic rings. The van der Waals surface area contributed by atoms with Crippen LogP contribution in [0.3, 0.4) is 0 Å². The molecule has 6 nitrogen and oxygen atoms in total. The number of hydrogen-bond donors (Lipinski definition) is 1. The van der Waals surface area contributed by atoms with Crippen molar-refractivity contribution in [3.8, 4) is 11.5 Å². The highest BCUT2D eigenvalue weighted by Crippen LogP contribution is 2.29. The monoisotopic (exact) mass is 381 g/mol. The molecule has 3 aromatic rings. The minimum absolute atomic E-state index is 0.0198. The van der Waals surface area contributed by atoms with Crippen LogP contribution >= 0.6 is 23.2 Å². The van der Waals surface area contributed by atoms with Crippen LogP contribution in [-0.2, 0) is 11.3 Å². The molecule has 1 N–H and O–H groups in total. The van der Waals surface area contributed by atoms with Gasteiger partial charge in [0.15, 0.2) is 0 Å². The van der Waals surface area contributed by atoms with Crippen molar-refractivity contribution in [3.05, 3.63) is 68.9 Å². The van der Waals surface area contributed by atoms with E-state index in [0.717, 1.165) is 4.68 Å². The maximum absolute atomic E-state index is 12.9. The lowest BCUT2D eigenvalue weighted by atomic mass is 10.2. The zero-order valence-corrected chi connectivity index (χ0v) is 14.0. The minimum atomic E-state index is -0.820. The second-order valence-electron chi connectivity index (χ2n) is 4.98. The fourth-order valence-corrected chi connectivity index (χ4v) is 2.54. The Morgan fingerprint density at radius 2 is 1.80 bits per heavy atom. The van der Waals surface area contributed by atoms with E-state index in [2.05, 4.69) is 10.4 Å². The molecule has 3 rings (SSSR count). The number of nitrogens with zero attached hydrogens (tertiary/aromatic N) is 2. The maximum atomic E-state index is 12.9. The van der Waals surface area contributed by atoms with Crippen molar-refractivity contribution < 1.29 is 13.6 Å². The quantitative estimate of drug-likeness (QED) is 0.748. The van der Waals surface area contributed by atoms with Crippen LogP contribution in [0, 0.1) is 5.82 Å². The summed E-state index contributed by atoms with van der Waals surface area (Å²) in [6.07, 6.45) is 0. The van der Waals surface area contributed by atoms with E-state index in [1.165, 1.54) is 24.3 Å². The summed E-state index contributed by atoms with van der Waals surface area (Å²) >= 11 is 11.9. The number of aromatic nitrogens is 2. The van der Waals surface area contributed by atoms with Crippen molar-refractivity contribution in [2.24, 2.45) is 0 Å². The molecule has 0 saturated heterocycles. The number of anilines is 1. The third-order valence-corrected chi connectivity index (χ3v) is 3.85. The summed E-state index contributed by atoms with van der Waals surface area (Å²) in [5, 5.41) is 6.97. The Morgan fingerprint density at radius 1 is 1.16 bits per heavy atom. The minimum Gasteiger partial charge on any atom is -0.388 e. The van der Waals surface area contributed by atoms with Gasteiger partial charge in [0.05, 0.1) is 15.7 Å². The van der Waals surface area contributed by atoms with Crippen LogP contribution < -0.4 is 11.1 Å². The van der Waals surface area contributed by atoms with Crippen LogP contribution in [-0.4, -0.2) is 15.7 Å². The Hall–Kier alpha value is -2.64. The summed E-state index contributed by atoms with van der Waals surface area (Å²) in [4.78, 5) is 23.9. The molecule has 0 bridgehead atoms. The van der Waals surface area contributed by atoms with E-state index in [9.17, 15) is 14.0 Å². The number of benzene rings is 2. The lowest BCUT2D eigenvalue weighted by Crippen LogP contribution is -2.26. The number of rotatable bonds is 4. The highest BCUT2D eigenvalue weighted by atomic mass is 35.5. The number of amides is 1. The van der Waals surface area contributed by atoms with Gasteiger partial charge in [-0.3, -0.25) is 4.79 Å². The summed E-state index contributed by atoms with van der Waals surface area (Å²) in [6, 6.07) is 10.0. The molecule has 0 unspecified atom stereocenters. The fourth-order valence-electron chi connectivity index (χ4n) is 2.05. The van der Waals surface area contributed by atoms with Crippen molar-refractivity contribution >= 4 is 34.8 Å². The van der Waals surface area contributed by atoms with Crippen LogP contribution in [0.4, 0.5) is 10.1 Å². The molecule has 0 aliphatic carbocycles. The van der Waals surface area contributed by atoms with Crippen LogP contribution in [0.1, 0.15) is 0 Å². The highest BCUT2D eigenvalue weighted by molar-refractivity contribution is 6.39. The number of hydrogen-bond acceptors (Lipinski definition) is 4. The third kappa shape index (κ3) is 3.89. The maximum Gasteiger partial charge on any atom is 0.437 e. The zero-order valence-electron chi connectivity index (χ0n) is 12.5. The van der Waals surface area contributed by atoms with Crippen LogP contribution in [0.2, 0.25) is 10.0 Å². The van der Waals surface area contributed by atoms with E-state index in [-0.39, 0.29) is 21.6 Å². The van der Waals surface area contributed by atoms with Gasteiger partial charge in [0, 0.05) is 5.56 Å². The summed E-state index contributed by atoms with van der Waals surface area (Å²) in [6.45, 7) is -0.398. The average molecular weight is 382 g/mol. The topological polar surface area (TPSA) is 77.1 Å². The predicted octanol–water partition coefficient (Wildman–Crippen LogP) is 3.59. The van der Waals surface area contributed by atoms with Gasteiger partial charge in [0.2, 0.25) is 11.8 Å². The summed E-state index contributed by atoms with van der Waals surface area (Å²) in [5.41, 5.74) is 0.651. The van der Waals surface area contributed by atoms with Gasteiger partial charge in [0.1, 0.15) is 12.4 Å². The van der Waals surface area contributed by atoms with Crippen LogP contribution in [0.5, 0.6) is 0 Å². The van der Waals surface area contributed by atoms with Gasteiger partial charge in [0.25, 0.3) is 0 Å². The summed E-state index contributed by atoms with van der Waals surface area (Å²) in [7, 11) is 0. The van der Waals surface area contributed by atoms with E-state index in [1.807, 2.05) is 0 Å². The van der Waals surface area contributed by atoms with Gasteiger partial charge in [-0.05, 0) is 36.4 Å². The van der Waals surface area contributed by atoms with Gasteiger partial charge in [-0.1, -0.05) is 29.3 Å². The largest absolute Gasteiger partial charge is 0.437 e. The van der Waals surface area contributed by atoms with Gasteiger partial charge >= 0.3 is 5.76 Å². The Labute approximate surface area is 150 Å². The smallest absolute Gasteiger partial charge is 0.388 e. The zero-order chi connectivity index (χ0) is 18.0. The van der Waals surface area contributed by atoms with Crippen molar-refractivity contribution in [1.29, 1.82) is 0 Å². The summed E-state index contributed by atoms with van der Waals surface area (Å²) < 4.78 is 18.8. The molecule has 128 valence electrons. The molecule has 2 aromatic carbocycles. The Balaban J connectivity index is 1.78. The van der Waals surface area contributed by atoms with Crippen LogP contribution in [0.15, 0.2) is 51.7 Å². The Bertz CT molecular complexity index is 963. The third-order valence-electron chi connectivity index (χ3n) is 3.22. The van der Waals surface area contributed by atoms with E-state index < -0.39 is 24.0 Å². The lowest BCUT2D eigenvalue weighted by Gasteiger charge is -2.08. The molecular weight excluding hydrogens is 372 g/mol. The SMILES string of the molecule is O=C(Cn1nc(-c2ccc(F)cc2)oc1=O)Nc1c(Cl)cccc1Cl. The molecule has 0 fully saturated rings. The Morgan fingerprint density at radius 3 is 2.44 bits per heavy atom. The van der Waals surface area contributed by atoms with Gasteiger partial charge < -0.3 is 9.73 Å². The van der Waals surface area contributed by atoms with E-state index in [1.54, 1.807) is 18.2 Å². The number of halogens is 3. The molecular formula is C16H10Cl2FN3O3. The van der Waals surface area contributed by atoms with Gasteiger partial charge in [-0.25, -0.2) is 9.18 Å². The molecule has 25 heavy (non-hydrogen) atoms. The second kappa shape index (κ2) is 7.08. The molecule has 0 aliphatic heterocycles. The van der Waals surface area contributed by atoms with Crippen molar-refractivity contribution in [2.75, 3.05) is 5.32 Å². The van der Waals surface area contributed by atoms with Crippen LogP contribution in [0.25, 0.3) is 11.5 Å². The fraction of sp³-hybridized carbons (Fsp3) is 0.0625. The molecule has 1 aromatic heterocycles. The van der Waals surface area contributed by atoms with E-state index in [4.69, 9.17) is 27.6 Å². The molecule has 0 atom stereocenters. The number of carbonyl (C=O) groups excluding carboxylic acids is 1. The normalized spacial score (nSPS) is 10.7. The van der Waals surface area contributed by atoms with Crippen molar-refractivity contribution in [2.45, 2.75) is 6.54 Å². The average Bonchev–Trinajstić information content (AvgIpc) is 2.92. The molecule has 1 amide bonds. The first-order valence-corrected chi connectivity index (χ1v) is 7.77. The molecule has 0 spiro atoms. The first kappa shape index (κ1) is 17.2. The highest BCUT2D eigenvalue weighted by Gasteiger charge is 2.15. The molecule has 0 radical (unpaired) electrons. The summed E-state index contributed by atoms with van der Waals surface area (Å²) in [5.74, 6) is -1.83. The standard InChI is InChI=1S/C16H10Cl2FN3O3/c17-11-2-1-3-12(18)14(11)20-13(23)8-22-16(24)25-15(21-22)9-4-6-10(19)7-5-9/h1-7H,8H2,(H,20,23). The van der Waals surface area contributed by atoms with E-state index in [0.29, 0.717) is 5.56 Å². The number of nitrogens with one attached hydrogen (secondary N) is 1. The molecule has 1 heterocycles. The first-order valence-electron chi connectivity index (χ1n) is 7.02. The second-order valence-corrected chi connectivity index (χ2v) is 5.80. The first-order chi connectivity index (χ1) is 11.9. The molecule has 0 saturated carbocycles. The molecule has 9 heteroatoms. The predicted molar refractivity (Wildman–Crippen MR) is 91.2 cm³/mol. The lowest BCUT2D eigenvalue weighted by molar-refractivity contribution is -0.117. The van der Waals surface area contributed by atoms with Crippen molar-refractivity contribution in [3.63, 3.8) is 0 Å². The van der Waals surface area contributed by atoms with Gasteiger partial charge in [-0.2, -0.15) is 4.68 Å². The van der Waals surface area contributed by atoms with Crippen molar-refractivity contribution in [1.82, 2.24) is 9.78 Å².